The van der Waals surface area contributed by atoms with Crippen LogP contribution < -0.4 is 10.1 Å². The van der Waals surface area contributed by atoms with Gasteiger partial charge in [0.05, 0.1) is 32.8 Å². The van der Waals surface area contributed by atoms with E-state index in [1.165, 1.54) is 11.3 Å². The third-order valence-electron chi connectivity index (χ3n) is 3.53. The van der Waals surface area contributed by atoms with Crippen molar-refractivity contribution in [3.05, 3.63) is 45.9 Å². The summed E-state index contributed by atoms with van der Waals surface area (Å²) in [6.07, 6.45) is 0.0157. The van der Waals surface area contributed by atoms with Gasteiger partial charge in [-0.05, 0) is 24.6 Å². The molecule has 1 aromatic carbocycles. The molecule has 1 aromatic heterocycles. The van der Waals surface area contributed by atoms with Gasteiger partial charge in [-0.2, -0.15) is 0 Å². The fourth-order valence-electron chi connectivity index (χ4n) is 2.33. The zero-order chi connectivity index (χ0) is 18.9. The van der Waals surface area contributed by atoms with Crippen molar-refractivity contribution in [1.82, 2.24) is 10.3 Å². The van der Waals surface area contributed by atoms with Crippen LogP contribution in [0.4, 0.5) is 0 Å². The number of nitrogens with zero attached hydrogens (tertiary/aromatic N) is 1. The minimum Gasteiger partial charge on any atom is -0.497 e. The number of benzene rings is 1. The van der Waals surface area contributed by atoms with Gasteiger partial charge in [0, 0.05) is 12.5 Å². The predicted molar refractivity (Wildman–Crippen MR) is 97.3 cm³/mol. The Bertz CT molecular complexity index is 747. The van der Waals surface area contributed by atoms with Crippen molar-refractivity contribution < 1.29 is 23.8 Å². The molecule has 0 bridgehead atoms. The van der Waals surface area contributed by atoms with Crippen LogP contribution in [0.5, 0.6) is 5.75 Å². The van der Waals surface area contributed by atoms with E-state index in [0.717, 1.165) is 5.56 Å². The molecular formula is C18H22N2O5S. The standard InChI is InChI=1S/C18H22N2O5S/c1-4-25-17(21)9-14(12-6-5-7-13(8-12)24-3)20-18(22)15-11-26-16(19-15)10-23-2/h5-8,11,14H,4,9-10H2,1-3H3,(H,20,22). The normalized spacial score (nSPS) is 11.7. The van der Waals surface area contributed by atoms with Crippen LogP contribution in [-0.4, -0.2) is 37.7 Å². The molecule has 0 aliphatic rings. The number of methoxy groups -OCH3 is 2. The van der Waals surface area contributed by atoms with Crippen LogP contribution in [0.3, 0.4) is 0 Å². The molecule has 0 aliphatic carbocycles. The zero-order valence-electron chi connectivity index (χ0n) is 15.0. The van der Waals surface area contributed by atoms with E-state index in [-0.39, 0.29) is 24.9 Å². The van der Waals surface area contributed by atoms with Crippen LogP contribution in [0.25, 0.3) is 0 Å². The number of hydrogen-bond donors (Lipinski definition) is 1. The summed E-state index contributed by atoms with van der Waals surface area (Å²) in [6, 6.07) is 6.65. The van der Waals surface area contributed by atoms with E-state index < -0.39 is 6.04 Å². The average Bonchev–Trinajstić information content (AvgIpc) is 3.10. The maximum absolute atomic E-state index is 12.5. The summed E-state index contributed by atoms with van der Waals surface area (Å²) in [5, 5.41) is 5.23. The molecule has 0 saturated carbocycles. The first-order valence-electron chi connectivity index (χ1n) is 8.11. The van der Waals surface area contributed by atoms with Crippen molar-refractivity contribution in [2.75, 3.05) is 20.8 Å². The Hall–Kier alpha value is -2.45. The Kier molecular flexibility index (Phi) is 7.55. The Morgan fingerprint density at radius 2 is 2.12 bits per heavy atom. The molecule has 0 spiro atoms. The van der Waals surface area contributed by atoms with Gasteiger partial charge in [0.25, 0.3) is 5.91 Å². The van der Waals surface area contributed by atoms with E-state index in [2.05, 4.69) is 10.3 Å². The Morgan fingerprint density at radius 1 is 1.31 bits per heavy atom. The lowest BCUT2D eigenvalue weighted by Gasteiger charge is -2.18. The molecule has 1 atom stereocenters. The van der Waals surface area contributed by atoms with Gasteiger partial charge in [-0.1, -0.05) is 12.1 Å². The Labute approximate surface area is 156 Å². The number of carbonyl (C=O) groups excluding carboxylic acids is 2. The molecule has 1 unspecified atom stereocenters. The van der Waals surface area contributed by atoms with Crippen molar-refractivity contribution in [1.29, 1.82) is 0 Å². The molecule has 1 N–H and O–H groups in total. The molecule has 1 heterocycles. The number of thiazole rings is 1. The van der Waals surface area contributed by atoms with E-state index in [1.807, 2.05) is 6.07 Å². The first-order valence-corrected chi connectivity index (χ1v) is 8.99. The highest BCUT2D eigenvalue weighted by Gasteiger charge is 2.22. The maximum Gasteiger partial charge on any atom is 0.308 e. The van der Waals surface area contributed by atoms with Crippen molar-refractivity contribution in [3.8, 4) is 5.75 Å². The number of esters is 1. The van der Waals surface area contributed by atoms with Gasteiger partial charge >= 0.3 is 5.97 Å². The molecule has 26 heavy (non-hydrogen) atoms. The summed E-state index contributed by atoms with van der Waals surface area (Å²) in [4.78, 5) is 28.7. The number of hydrogen-bond acceptors (Lipinski definition) is 7. The van der Waals surface area contributed by atoms with E-state index in [1.54, 1.807) is 44.7 Å². The quantitative estimate of drug-likeness (QED) is 0.675. The maximum atomic E-state index is 12.5. The monoisotopic (exact) mass is 378 g/mol. The number of amides is 1. The Balaban J connectivity index is 2.18. The molecule has 8 heteroatoms. The molecule has 2 aromatic rings. The summed E-state index contributed by atoms with van der Waals surface area (Å²) >= 11 is 1.34. The highest BCUT2D eigenvalue weighted by molar-refractivity contribution is 7.09. The fourth-order valence-corrected chi connectivity index (χ4v) is 3.08. The lowest BCUT2D eigenvalue weighted by molar-refractivity contribution is -0.143. The van der Waals surface area contributed by atoms with Crippen LogP contribution >= 0.6 is 11.3 Å². The van der Waals surface area contributed by atoms with Gasteiger partial charge in [-0.3, -0.25) is 9.59 Å². The number of carbonyl (C=O) groups is 2. The molecule has 1 amide bonds. The number of aromatic nitrogens is 1. The lowest BCUT2D eigenvalue weighted by Crippen LogP contribution is -2.31. The third kappa shape index (κ3) is 5.53. The van der Waals surface area contributed by atoms with Gasteiger partial charge in [0.15, 0.2) is 0 Å². The first-order chi connectivity index (χ1) is 12.6. The largest absolute Gasteiger partial charge is 0.497 e. The molecule has 0 radical (unpaired) electrons. The molecule has 0 fully saturated rings. The van der Waals surface area contributed by atoms with Gasteiger partial charge in [0.2, 0.25) is 0 Å². The fraction of sp³-hybridized carbons (Fsp3) is 0.389. The minimum absolute atomic E-state index is 0.0157. The van der Waals surface area contributed by atoms with Crippen LogP contribution in [0.1, 0.15) is 40.4 Å². The molecule has 7 nitrogen and oxygen atoms in total. The third-order valence-corrected chi connectivity index (χ3v) is 4.35. The Morgan fingerprint density at radius 3 is 2.81 bits per heavy atom. The second-order valence-electron chi connectivity index (χ2n) is 5.37. The van der Waals surface area contributed by atoms with E-state index in [0.29, 0.717) is 23.1 Å². The summed E-state index contributed by atoms with van der Waals surface area (Å²) in [5.41, 5.74) is 1.04. The van der Waals surface area contributed by atoms with Crippen molar-refractivity contribution in [2.24, 2.45) is 0 Å². The highest BCUT2D eigenvalue weighted by Crippen LogP contribution is 2.23. The highest BCUT2D eigenvalue weighted by atomic mass is 32.1. The summed E-state index contributed by atoms with van der Waals surface area (Å²) in [7, 11) is 3.13. The van der Waals surface area contributed by atoms with Crippen LogP contribution in [0.15, 0.2) is 29.6 Å². The topological polar surface area (TPSA) is 86.8 Å². The summed E-state index contributed by atoms with van der Waals surface area (Å²) in [5.74, 6) is -0.110. The van der Waals surface area contributed by atoms with Crippen molar-refractivity contribution in [2.45, 2.75) is 26.0 Å². The summed E-state index contributed by atoms with van der Waals surface area (Å²) < 4.78 is 15.3. The molecule has 2 rings (SSSR count). The van der Waals surface area contributed by atoms with Gasteiger partial charge < -0.3 is 19.5 Å². The number of nitrogens with one attached hydrogen (secondary N) is 1. The second kappa shape index (κ2) is 9.88. The minimum atomic E-state index is -0.552. The zero-order valence-corrected chi connectivity index (χ0v) is 15.8. The summed E-state index contributed by atoms with van der Waals surface area (Å²) in [6.45, 7) is 2.37. The number of rotatable bonds is 9. The van der Waals surface area contributed by atoms with Gasteiger partial charge in [-0.15, -0.1) is 11.3 Å². The van der Waals surface area contributed by atoms with E-state index in [9.17, 15) is 9.59 Å². The van der Waals surface area contributed by atoms with E-state index in [4.69, 9.17) is 14.2 Å². The molecule has 0 saturated heterocycles. The smallest absolute Gasteiger partial charge is 0.308 e. The van der Waals surface area contributed by atoms with Crippen LogP contribution in [0, 0.1) is 0 Å². The second-order valence-corrected chi connectivity index (χ2v) is 6.31. The van der Waals surface area contributed by atoms with Gasteiger partial charge in [0.1, 0.15) is 16.5 Å². The predicted octanol–water partition coefficient (Wildman–Crippen LogP) is 2.72. The van der Waals surface area contributed by atoms with Gasteiger partial charge in [-0.25, -0.2) is 4.98 Å². The molecule has 0 aliphatic heterocycles. The lowest BCUT2D eigenvalue weighted by atomic mass is 10.0. The van der Waals surface area contributed by atoms with E-state index >= 15 is 0 Å². The SMILES string of the molecule is CCOC(=O)CC(NC(=O)c1csc(COC)n1)c1cccc(OC)c1. The molecular weight excluding hydrogens is 356 g/mol. The average molecular weight is 378 g/mol. The van der Waals surface area contributed by atoms with Crippen molar-refractivity contribution in [3.63, 3.8) is 0 Å². The number of ether oxygens (including phenoxy) is 3. The molecule has 140 valence electrons. The van der Waals surface area contributed by atoms with Crippen LogP contribution in [0.2, 0.25) is 0 Å². The van der Waals surface area contributed by atoms with Crippen LogP contribution in [-0.2, 0) is 20.9 Å². The van der Waals surface area contributed by atoms with Crippen molar-refractivity contribution >= 4 is 23.2 Å². The first kappa shape index (κ1) is 19.9.